The van der Waals surface area contributed by atoms with Crippen LogP contribution in [0.4, 0.5) is 22.4 Å². The molecule has 2 aliphatic heterocycles. The van der Waals surface area contributed by atoms with E-state index in [9.17, 15) is 41.2 Å². The van der Waals surface area contributed by atoms with Gasteiger partial charge < -0.3 is 24.6 Å². The molecule has 3 fully saturated rings. The third-order valence-corrected chi connectivity index (χ3v) is 11.5. The van der Waals surface area contributed by atoms with Gasteiger partial charge in [0.1, 0.15) is 34.2 Å². The summed E-state index contributed by atoms with van der Waals surface area (Å²) < 4.78 is 91.7. The van der Waals surface area contributed by atoms with Crippen molar-refractivity contribution in [3.8, 4) is 11.8 Å². The molecule has 3 aliphatic rings. The lowest BCUT2D eigenvalue weighted by atomic mass is 9.74. The van der Waals surface area contributed by atoms with Gasteiger partial charge in [-0.3, -0.25) is 14.6 Å². The van der Waals surface area contributed by atoms with Gasteiger partial charge in [0.25, 0.3) is 0 Å². The number of nitriles is 1. The van der Waals surface area contributed by atoms with Crippen LogP contribution >= 0.6 is 27.5 Å². The van der Waals surface area contributed by atoms with Crippen LogP contribution in [-0.4, -0.2) is 96.0 Å². The molecule has 1 N–H and O–H groups in total. The molecule has 2 aromatic rings. The van der Waals surface area contributed by atoms with E-state index >= 15 is 4.39 Å². The van der Waals surface area contributed by atoms with Crippen LogP contribution in [0.5, 0.6) is 5.75 Å². The van der Waals surface area contributed by atoms with E-state index in [-0.39, 0.29) is 15.9 Å². The Morgan fingerprint density at radius 2 is 1.84 bits per heavy atom. The SMILES string of the molecule is CC(C)(C)OC(=O)N1CC(C(=O)N2C[C@H](S(=O)(=O)c3ccc(OCC(F)(F)F)cc3Cl)C[C@H]2C(=O)NC2(C#N)CC2)(c2ncc(Br)cc2F)C1. The van der Waals surface area contributed by atoms with Gasteiger partial charge in [-0.25, -0.2) is 17.6 Å². The standard InChI is InChI=1S/C31H31BrClF4N5O7S/c1-28(2,3)49-27(45)41-14-30(15-41,24-21(34)8-17(32)11-39-24)26(44)42-12-19(10-22(42)25(43)40-29(13-38)6-7-29)50(46,47)23-5-4-18(9-20(23)33)48-16-31(35,36)37/h4-5,8-9,11,19,22H,6-7,10,12,14-16H2,1-3H3,(H,40,43)/t19-,22+/m1/s1. The first kappa shape index (κ1) is 37.6. The molecule has 2 saturated heterocycles. The molecule has 50 heavy (non-hydrogen) atoms. The number of amides is 3. The maximum Gasteiger partial charge on any atom is 0.422 e. The summed E-state index contributed by atoms with van der Waals surface area (Å²) in [6, 6.07) is 4.47. The number of carbonyl (C=O) groups is 3. The van der Waals surface area contributed by atoms with Gasteiger partial charge in [0, 0.05) is 36.4 Å². The highest BCUT2D eigenvalue weighted by atomic mass is 79.9. The first-order valence-electron chi connectivity index (χ1n) is 15.2. The molecule has 5 rings (SSSR count). The van der Waals surface area contributed by atoms with Crippen molar-refractivity contribution in [1.29, 1.82) is 5.26 Å². The molecule has 1 saturated carbocycles. The molecule has 0 bridgehead atoms. The highest BCUT2D eigenvalue weighted by Crippen LogP contribution is 2.42. The largest absolute Gasteiger partial charge is 0.484 e. The highest BCUT2D eigenvalue weighted by molar-refractivity contribution is 9.10. The van der Waals surface area contributed by atoms with E-state index in [1.165, 1.54) is 6.20 Å². The lowest BCUT2D eigenvalue weighted by Gasteiger charge is -2.49. The molecule has 2 atom stereocenters. The molecule has 3 amide bonds. The lowest BCUT2D eigenvalue weighted by molar-refractivity contribution is -0.153. The van der Waals surface area contributed by atoms with E-state index in [0.29, 0.717) is 12.8 Å². The lowest BCUT2D eigenvalue weighted by Crippen LogP contribution is -2.69. The zero-order chi connectivity index (χ0) is 37.0. The van der Waals surface area contributed by atoms with Gasteiger partial charge in [-0.15, -0.1) is 0 Å². The number of carbonyl (C=O) groups excluding carboxylic acids is 3. The van der Waals surface area contributed by atoms with Crippen molar-refractivity contribution in [3.63, 3.8) is 0 Å². The first-order chi connectivity index (χ1) is 23.1. The summed E-state index contributed by atoms with van der Waals surface area (Å²) in [6.07, 6.45) is -4.01. The number of ether oxygens (including phenoxy) is 2. The van der Waals surface area contributed by atoms with Crippen LogP contribution < -0.4 is 10.1 Å². The predicted molar refractivity (Wildman–Crippen MR) is 171 cm³/mol. The molecule has 0 spiro atoms. The predicted octanol–water partition coefficient (Wildman–Crippen LogP) is 4.68. The highest BCUT2D eigenvalue weighted by Gasteiger charge is 2.60. The fraction of sp³-hybridized carbons (Fsp3) is 0.516. The maximum atomic E-state index is 15.5. The second-order valence-electron chi connectivity index (χ2n) is 13.5. The van der Waals surface area contributed by atoms with Gasteiger partial charge in [0.15, 0.2) is 16.4 Å². The van der Waals surface area contributed by atoms with Crippen LogP contribution in [0.2, 0.25) is 5.02 Å². The summed E-state index contributed by atoms with van der Waals surface area (Å²) in [6.45, 7) is 1.84. The van der Waals surface area contributed by atoms with Crippen molar-refractivity contribution in [2.45, 2.75) is 79.0 Å². The molecule has 0 radical (unpaired) electrons. The number of aromatic nitrogens is 1. The third kappa shape index (κ3) is 7.64. The second kappa shape index (κ2) is 13.1. The molecular weight excluding hydrogens is 778 g/mol. The minimum absolute atomic E-state index is 0.257. The fourth-order valence-corrected chi connectivity index (χ4v) is 8.38. The Bertz CT molecular complexity index is 1880. The number of sulfone groups is 1. The summed E-state index contributed by atoms with van der Waals surface area (Å²) in [7, 11) is -4.48. The average molecular weight is 809 g/mol. The number of nitrogens with one attached hydrogen (secondary N) is 1. The Hall–Kier alpha value is -3.69. The van der Waals surface area contributed by atoms with E-state index in [1.807, 2.05) is 6.07 Å². The van der Waals surface area contributed by atoms with Gasteiger partial charge in [0.05, 0.1) is 26.9 Å². The minimum atomic E-state index is -4.66. The molecule has 19 heteroatoms. The van der Waals surface area contributed by atoms with E-state index < -0.39 is 110 Å². The molecule has 12 nitrogen and oxygen atoms in total. The summed E-state index contributed by atoms with van der Waals surface area (Å²) in [5.74, 6) is -2.96. The number of alkyl halides is 3. The number of pyridine rings is 1. The van der Waals surface area contributed by atoms with Crippen LogP contribution in [0.3, 0.4) is 0 Å². The summed E-state index contributed by atoms with van der Waals surface area (Å²) in [5.41, 5.74) is -4.30. The molecule has 1 aromatic heterocycles. The molecule has 1 aliphatic carbocycles. The quantitative estimate of drug-likeness (QED) is 0.374. The second-order valence-corrected chi connectivity index (χ2v) is 17.0. The van der Waals surface area contributed by atoms with Crippen LogP contribution in [0.15, 0.2) is 39.8 Å². The Morgan fingerprint density at radius 3 is 2.38 bits per heavy atom. The van der Waals surface area contributed by atoms with Crippen LogP contribution in [0.1, 0.15) is 45.7 Å². The van der Waals surface area contributed by atoms with Crippen molar-refractivity contribution in [3.05, 3.63) is 51.5 Å². The summed E-state index contributed by atoms with van der Waals surface area (Å²) in [5, 5.41) is 10.3. The molecule has 270 valence electrons. The summed E-state index contributed by atoms with van der Waals surface area (Å²) in [4.78, 5) is 47.0. The Kier molecular flexibility index (Phi) is 9.86. The zero-order valence-electron chi connectivity index (χ0n) is 26.8. The minimum Gasteiger partial charge on any atom is -0.484 e. The Balaban J connectivity index is 1.50. The number of nitrogens with zero attached hydrogens (tertiary/aromatic N) is 4. The van der Waals surface area contributed by atoms with Crippen LogP contribution in [0.25, 0.3) is 0 Å². The topological polar surface area (TPSA) is 159 Å². The number of hydrogen-bond donors (Lipinski definition) is 1. The maximum absolute atomic E-state index is 15.5. The first-order valence-corrected chi connectivity index (χ1v) is 17.9. The van der Waals surface area contributed by atoms with E-state index in [2.05, 4.69) is 31.0 Å². The van der Waals surface area contributed by atoms with Crippen LogP contribution in [-0.2, 0) is 29.6 Å². The van der Waals surface area contributed by atoms with Crippen molar-refractivity contribution >= 4 is 55.3 Å². The van der Waals surface area contributed by atoms with Gasteiger partial charge in [0.2, 0.25) is 11.8 Å². The van der Waals surface area contributed by atoms with Crippen molar-refractivity contribution in [2.24, 2.45) is 0 Å². The monoisotopic (exact) mass is 807 g/mol. The number of rotatable bonds is 8. The smallest absolute Gasteiger partial charge is 0.422 e. The van der Waals surface area contributed by atoms with Gasteiger partial charge >= 0.3 is 12.3 Å². The van der Waals surface area contributed by atoms with Gasteiger partial charge in [-0.1, -0.05) is 11.6 Å². The van der Waals surface area contributed by atoms with Crippen LogP contribution in [0, 0.1) is 17.1 Å². The van der Waals surface area contributed by atoms with Crippen molar-refractivity contribution < 1.29 is 49.8 Å². The molecule has 3 heterocycles. The molecular formula is C31H31BrClF4N5O7S. The van der Waals surface area contributed by atoms with Gasteiger partial charge in [-0.2, -0.15) is 18.4 Å². The summed E-state index contributed by atoms with van der Waals surface area (Å²) >= 11 is 9.35. The number of benzene rings is 1. The molecule has 0 unspecified atom stereocenters. The normalized spacial score (nSPS) is 21.1. The Morgan fingerprint density at radius 1 is 1.18 bits per heavy atom. The average Bonchev–Trinajstić information content (AvgIpc) is 3.59. The number of likely N-dealkylation sites (tertiary alicyclic amines) is 2. The number of halogens is 6. The third-order valence-electron chi connectivity index (χ3n) is 8.45. The fourth-order valence-electron chi connectivity index (χ4n) is 5.84. The van der Waals surface area contributed by atoms with E-state index in [0.717, 1.165) is 34.1 Å². The molecule has 1 aromatic carbocycles. The Labute approximate surface area is 298 Å². The van der Waals surface area contributed by atoms with Crippen molar-refractivity contribution in [2.75, 3.05) is 26.2 Å². The van der Waals surface area contributed by atoms with Crippen molar-refractivity contribution in [1.82, 2.24) is 20.1 Å². The van der Waals surface area contributed by atoms with Gasteiger partial charge in [-0.05, 0) is 74.2 Å². The zero-order valence-corrected chi connectivity index (χ0v) is 30.0. The van der Waals surface area contributed by atoms with E-state index in [1.54, 1.807) is 20.8 Å². The van der Waals surface area contributed by atoms with E-state index in [4.69, 9.17) is 16.3 Å². The number of hydrogen-bond acceptors (Lipinski definition) is 9.